The van der Waals surface area contributed by atoms with Crippen LogP contribution < -0.4 is 56.5 Å². The van der Waals surface area contributed by atoms with Crippen molar-refractivity contribution in [1.29, 1.82) is 0 Å². The van der Waals surface area contributed by atoms with Crippen molar-refractivity contribution >= 4 is 5.69 Å². The van der Waals surface area contributed by atoms with E-state index in [1.54, 1.807) is 13.0 Å². The molecule has 0 bridgehead atoms. The van der Waals surface area contributed by atoms with Gasteiger partial charge in [-0.15, -0.1) is 0 Å². The van der Waals surface area contributed by atoms with E-state index in [4.69, 9.17) is 0 Å². The third kappa shape index (κ3) is 2.84. The summed E-state index contributed by atoms with van der Waals surface area (Å²) >= 11 is 0. The number of aryl methyl sites for hydroxylation is 1. The van der Waals surface area contributed by atoms with E-state index < -0.39 is 10.7 Å². The zero-order valence-electron chi connectivity index (χ0n) is 6.90. The molecule has 1 aromatic rings. The van der Waals surface area contributed by atoms with Crippen molar-refractivity contribution in [2.75, 3.05) is 0 Å². The molecule has 0 amide bonds. The van der Waals surface area contributed by atoms with Crippen molar-refractivity contribution in [3.63, 3.8) is 0 Å². The van der Waals surface area contributed by atoms with Crippen LogP contribution in [0.4, 0.5) is 5.69 Å². The number of hydrogen-bond acceptors (Lipinski definition) is 3. The van der Waals surface area contributed by atoms with E-state index in [9.17, 15) is 15.2 Å². The molecule has 0 saturated heterocycles. The summed E-state index contributed by atoms with van der Waals surface area (Å²) in [4.78, 5) is 9.51. The van der Waals surface area contributed by atoms with Crippen LogP contribution in [0.5, 0.6) is 5.75 Å². The van der Waals surface area contributed by atoms with Crippen LogP contribution in [0.15, 0.2) is 18.2 Å². The van der Waals surface area contributed by atoms with E-state index in [1.807, 2.05) is 0 Å². The molecule has 0 aromatic heterocycles. The minimum atomic E-state index is -0.671. The summed E-state index contributed by atoms with van der Waals surface area (Å²) in [5.74, 6) is -0.541. The Bertz CT molecular complexity index is 301. The van der Waals surface area contributed by atoms with E-state index in [0.29, 0.717) is 0 Å². The molecule has 5 heteroatoms. The molecule has 1 rings (SSSR count). The topological polar surface area (TPSA) is 66.2 Å². The number of nitro groups is 1. The molecule has 0 aliphatic rings. The van der Waals surface area contributed by atoms with Crippen molar-refractivity contribution in [2.24, 2.45) is 0 Å². The normalized spacial score (nSPS) is 8.75. The van der Waals surface area contributed by atoms with Crippen LogP contribution in [0, 0.1) is 17.0 Å². The predicted molar refractivity (Wildman–Crippen MR) is 37.3 cm³/mol. The number of benzene rings is 1. The van der Waals surface area contributed by atoms with Crippen molar-refractivity contribution in [1.82, 2.24) is 0 Å². The molecule has 58 valence electrons. The fourth-order valence-corrected chi connectivity index (χ4v) is 0.770. The molecule has 4 nitrogen and oxygen atoms in total. The summed E-state index contributed by atoms with van der Waals surface area (Å²) in [6, 6.07) is 4.02. The largest absolute Gasteiger partial charge is 1.00 e. The van der Waals surface area contributed by atoms with E-state index in [0.717, 1.165) is 5.56 Å². The first-order chi connectivity index (χ1) is 5.11. The quantitative estimate of drug-likeness (QED) is 0.292. The molecule has 0 N–H and O–H groups in total. The van der Waals surface area contributed by atoms with E-state index >= 15 is 0 Å². The Hall–Kier alpha value is 0.0564. The first-order valence-corrected chi connectivity index (χ1v) is 3.03. The monoisotopic (exact) mass is 191 g/mol. The van der Waals surface area contributed by atoms with Crippen LogP contribution in [0.25, 0.3) is 0 Å². The predicted octanol–water partition coefficient (Wildman–Crippen LogP) is -2.02. The zero-order chi connectivity index (χ0) is 8.43. The molecule has 0 spiro atoms. The molecular formula is C7H6KNO3. The molecule has 0 aliphatic heterocycles. The molecule has 0 fully saturated rings. The first-order valence-electron chi connectivity index (χ1n) is 3.03. The second-order valence-electron chi connectivity index (χ2n) is 2.23. The maximum absolute atomic E-state index is 10.8. The van der Waals surface area contributed by atoms with Gasteiger partial charge in [0.05, 0.1) is 4.92 Å². The average molecular weight is 191 g/mol. The van der Waals surface area contributed by atoms with Gasteiger partial charge in [0.15, 0.2) is 0 Å². The molecule has 0 radical (unpaired) electrons. The van der Waals surface area contributed by atoms with Gasteiger partial charge in [0.2, 0.25) is 0 Å². The van der Waals surface area contributed by atoms with Gasteiger partial charge in [-0.25, -0.2) is 0 Å². The standard InChI is InChI=1S/C7H7NO3.K/c1-5-2-3-7(9)6(4-5)8(10)11;/h2-4,9H,1H3;/q;+1/p-1. The van der Waals surface area contributed by atoms with Gasteiger partial charge in [-0.2, -0.15) is 0 Å². The van der Waals surface area contributed by atoms with Gasteiger partial charge in [-0.05, 0) is 18.2 Å². The van der Waals surface area contributed by atoms with Crippen molar-refractivity contribution in [3.8, 4) is 5.75 Å². The first kappa shape index (κ1) is 12.1. The summed E-state index contributed by atoms with van der Waals surface area (Å²) in [5, 5.41) is 21.0. The Morgan fingerprint density at radius 3 is 2.42 bits per heavy atom. The third-order valence-corrected chi connectivity index (χ3v) is 1.31. The van der Waals surface area contributed by atoms with Gasteiger partial charge in [0.25, 0.3) is 5.69 Å². The Morgan fingerprint density at radius 2 is 2.00 bits per heavy atom. The summed E-state index contributed by atoms with van der Waals surface area (Å²) in [6.07, 6.45) is 0. The van der Waals surface area contributed by atoms with Gasteiger partial charge < -0.3 is 5.11 Å². The Kier molecular flexibility index (Phi) is 4.96. The zero-order valence-corrected chi connectivity index (χ0v) is 10.0. The molecule has 0 unspecified atom stereocenters. The fraction of sp³-hybridized carbons (Fsp3) is 0.143. The molecule has 0 aliphatic carbocycles. The van der Waals surface area contributed by atoms with Crippen molar-refractivity contribution < 1.29 is 61.4 Å². The average Bonchev–Trinajstić information content (AvgIpc) is 1.94. The Labute approximate surface area is 112 Å². The SMILES string of the molecule is Cc1ccc([O-])c([N+](=O)[O-])c1.[K+]. The molecular weight excluding hydrogens is 185 g/mol. The third-order valence-electron chi connectivity index (χ3n) is 1.31. The second-order valence-corrected chi connectivity index (χ2v) is 2.23. The van der Waals surface area contributed by atoms with Gasteiger partial charge >= 0.3 is 51.4 Å². The minimum Gasteiger partial charge on any atom is -0.868 e. The van der Waals surface area contributed by atoms with Crippen molar-refractivity contribution in [3.05, 3.63) is 33.9 Å². The van der Waals surface area contributed by atoms with E-state index in [2.05, 4.69) is 0 Å². The maximum atomic E-state index is 10.8. The van der Waals surface area contributed by atoms with Gasteiger partial charge in [-0.3, -0.25) is 10.1 Å². The Morgan fingerprint density at radius 1 is 1.42 bits per heavy atom. The number of rotatable bonds is 1. The molecule has 0 saturated carbocycles. The fourth-order valence-electron chi connectivity index (χ4n) is 0.770. The second kappa shape index (κ2) is 4.93. The smallest absolute Gasteiger partial charge is 0.868 e. The Balaban J connectivity index is 0.00000121. The summed E-state index contributed by atoms with van der Waals surface area (Å²) in [5.41, 5.74) is 0.362. The van der Waals surface area contributed by atoms with Crippen LogP contribution in [-0.4, -0.2) is 4.92 Å². The molecule has 12 heavy (non-hydrogen) atoms. The molecule has 0 heterocycles. The van der Waals surface area contributed by atoms with E-state index in [1.165, 1.54) is 12.1 Å². The van der Waals surface area contributed by atoms with Crippen LogP contribution in [0.1, 0.15) is 5.56 Å². The summed E-state index contributed by atoms with van der Waals surface area (Å²) in [7, 11) is 0. The van der Waals surface area contributed by atoms with E-state index in [-0.39, 0.29) is 57.1 Å². The molecule has 1 aromatic carbocycles. The minimum absolute atomic E-state index is 0. The number of nitrogens with zero attached hydrogens (tertiary/aromatic N) is 1. The van der Waals surface area contributed by atoms with Gasteiger partial charge in [0.1, 0.15) is 0 Å². The summed E-state index contributed by atoms with van der Waals surface area (Å²) in [6.45, 7) is 1.70. The number of hydrogen-bond donors (Lipinski definition) is 0. The van der Waals surface area contributed by atoms with Crippen LogP contribution in [0.3, 0.4) is 0 Å². The molecule has 0 atom stereocenters. The van der Waals surface area contributed by atoms with Gasteiger partial charge in [-0.1, -0.05) is 12.1 Å². The van der Waals surface area contributed by atoms with Crippen LogP contribution in [-0.2, 0) is 0 Å². The van der Waals surface area contributed by atoms with Crippen molar-refractivity contribution in [2.45, 2.75) is 6.92 Å². The van der Waals surface area contributed by atoms with Gasteiger partial charge in [0, 0.05) is 6.07 Å². The summed E-state index contributed by atoms with van der Waals surface area (Å²) < 4.78 is 0. The van der Waals surface area contributed by atoms with Crippen LogP contribution in [0.2, 0.25) is 0 Å². The number of nitro benzene ring substituents is 1. The van der Waals surface area contributed by atoms with Crippen LogP contribution >= 0.6 is 0 Å². The maximum Gasteiger partial charge on any atom is 1.00 e.